The number of aliphatic carboxylic acids is 1. The normalized spacial score (nSPS) is 21.4. The fourth-order valence-corrected chi connectivity index (χ4v) is 4.48. The van der Waals surface area contributed by atoms with Gasteiger partial charge in [0.15, 0.2) is 0 Å². The van der Waals surface area contributed by atoms with E-state index in [-0.39, 0.29) is 12.0 Å². The molecule has 1 aromatic rings. The van der Waals surface area contributed by atoms with Crippen molar-refractivity contribution in [2.75, 3.05) is 32.1 Å². The Hall–Kier alpha value is -1.83. The van der Waals surface area contributed by atoms with E-state index in [1.165, 1.54) is 12.1 Å². The second kappa shape index (κ2) is 8.91. The summed E-state index contributed by atoms with van der Waals surface area (Å²) in [5, 5.41) is 10.6. The molecule has 146 valence electrons. The SMILES string of the molecule is CCSC1=C(C(=O)O)C(C)=CC(N2CCOCC2)N1Cc1ccc(F)cc1. The van der Waals surface area contributed by atoms with Crippen LogP contribution in [0.4, 0.5) is 4.39 Å². The van der Waals surface area contributed by atoms with Gasteiger partial charge in [-0.1, -0.05) is 19.1 Å². The van der Waals surface area contributed by atoms with E-state index < -0.39 is 5.97 Å². The molecule has 2 heterocycles. The summed E-state index contributed by atoms with van der Waals surface area (Å²) in [5.41, 5.74) is 2.08. The average Bonchev–Trinajstić information content (AvgIpc) is 2.66. The van der Waals surface area contributed by atoms with Gasteiger partial charge in [-0.2, -0.15) is 0 Å². The summed E-state index contributed by atoms with van der Waals surface area (Å²) < 4.78 is 18.8. The Morgan fingerprint density at radius 3 is 2.56 bits per heavy atom. The zero-order valence-electron chi connectivity index (χ0n) is 15.7. The number of benzene rings is 1. The van der Waals surface area contributed by atoms with Crippen LogP contribution in [0.2, 0.25) is 0 Å². The van der Waals surface area contributed by atoms with E-state index in [0.29, 0.717) is 25.3 Å². The molecule has 1 unspecified atom stereocenters. The number of thioether (sulfide) groups is 1. The number of carboxylic acids is 1. The van der Waals surface area contributed by atoms with Crippen LogP contribution < -0.4 is 0 Å². The fourth-order valence-electron chi connectivity index (χ4n) is 3.48. The highest BCUT2D eigenvalue weighted by Gasteiger charge is 2.34. The monoisotopic (exact) mass is 392 g/mol. The summed E-state index contributed by atoms with van der Waals surface area (Å²) >= 11 is 1.54. The Balaban J connectivity index is 2.00. The number of carbonyl (C=O) groups is 1. The predicted molar refractivity (Wildman–Crippen MR) is 105 cm³/mol. The fraction of sp³-hybridized carbons (Fsp3) is 0.450. The maximum Gasteiger partial charge on any atom is 0.338 e. The molecule has 0 spiro atoms. The van der Waals surface area contributed by atoms with Crippen molar-refractivity contribution in [1.29, 1.82) is 0 Å². The van der Waals surface area contributed by atoms with Crippen LogP contribution in [0.3, 0.4) is 0 Å². The molecule has 27 heavy (non-hydrogen) atoms. The van der Waals surface area contributed by atoms with Gasteiger partial charge in [-0.05, 0) is 42.0 Å². The first-order valence-corrected chi connectivity index (χ1v) is 10.1. The molecule has 2 aliphatic rings. The highest BCUT2D eigenvalue weighted by molar-refractivity contribution is 8.03. The van der Waals surface area contributed by atoms with Crippen LogP contribution in [0.1, 0.15) is 19.4 Å². The van der Waals surface area contributed by atoms with Crippen LogP contribution in [0.15, 0.2) is 46.5 Å². The van der Waals surface area contributed by atoms with Gasteiger partial charge in [0.2, 0.25) is 0 Å². The van der Waals surface area contributed by atoms with Crippen molar-refractivity contribution in [3.63, 3.8) is 0 Å². The smallest absolute Gasteiger partial charge is 0.338 e. The van der Waals surface area contributed by atoms with Gasteiger partial charge >= 0.3 is 5.97 Å². The molecule has 0 aromatic heterocycles. The Bertz CT molecular complexity index is 742. The Morgan fingerprint density at radius 2 is 1.96 bits per heavy atom. The summed E-state index contributed by atoms with van der Waals surface area (Å²) in [4.78, 5) is 16.4. The van der Waals surface area contributed by atoms with E-state index in [4.69, 9.17) is 4.74 Å². The zero-order valence-corrected chi connectivity index (χ0v) is 16.5. The number of carboxylic acid groups (broad SMARTS) is 1. The van der Waals surface area contributed by atoms with Crippen LogP contribution in [-0.2, 0) is 16.1 Å². The molecule has 0 saturated carbocycles. The van der Waals surface area contributed by atoms with Gasteiger partial charge < -0.3 is 14.7 Å². The van der Waals surface area contributed by atoms with E-state index in [2.05, 4.69) is 9.80 Å². The topological polar surface area (TPSA) is 53.0 Å². The highest BCUT2D eigenvalue weighted by Crippen LogP contribution is 2.37. The second-order valence-electron chi connectivity index (χ2n) is 6.58. The Morgan fingerprint density at radius 1 is 1.30 bits per heavy atom. The molecule has 0 amide bonds. The summed E-state index contributed by atoms with van der Waals surface area (Å²) in [6.07, 6.45) is 1.98. The van der Waals surface area contributed by atoms with Gasteiger partial charge in [0.25, 0.3) is 0 Å². The van der Waals surface area contributed by atoms with Gasteiger partial charge in [-0.15, -0.1) is 11.8 Å². The first-order valence-electron chi connectivity index (χ1n) is 9.13. The summed E-state index contributed by atoms with van der Waals surface area (Å²) in [7, 11) is 0. The Labute approximate surface area is 163 Å². The molecule has 5 nitrogen and oxygen atoms in total. The van der Waals surface area contributed by atoms with Crippen molar-refractivity contribution in [3.8, 4) is 0 Å². The van der Waals surface area contributed by atoms with E-state index in [0.717, 1.165) is 35.0 Å². The molecular formula is C20H25FN2O3S. The number of rotatable bonds is 6. The van der Waals surface area contributed by atoms with Gasteiger partial charge in [0.1, 0.15) is 12.0 Å². The van der Waals surface area contributed by atoms with Crippen molar-refractivity contribution >= 4 is 17.7 Å². The molecule has 7 heteroatoms. The lowest BCUT2D eigenvalue weighted by Crippen LogP contribution is -2.52. The molecule has 3 rings (SSSR count). The van der Waals surface area contributed by atoms with Crippen molar-refractivity contribution in [1.82, 2.24) is 9.80 Å². The molecule has 0 radical (unpaired) electrons. The van der Waals surface area contributed by atoms with Crippen LogP contribution >= 0.6 is 11.8 Å². The zero-order chi connectivity index (χ0) is 19.4. The predicted octanol–water partition coefficient (Wildman–Crippen LogP) is 3.30. The van der Waals surface area contributed by atoms with E-state index in [9.17, 15) is 14.3 Å². The average molecular weight is 392 g/mol. The molecule has 1 aromatic carbocycles. The quantitative estimate of drug-likeness (QED) is 0.802. The van der Waals surface area contributed by atoms with Crippen molar-refractivity contribution < 1.29 is 19.0 Å². The summed E-state index contributed by atoms with van der Waals surface area (Å²) in [6, 6.07) is 6.40. The van der Waals surface area contributed by atoms with Crippen LogP contribution in [0.5, 0.6) is 0 Å². The maximum atomic E-state index is 13.3. The summed E-state index contributed by atoms with van der Waals surface area (Å²) in [6.45, 7) is 7.32. The van der Waals surface area contributed by atoms with Crippen LogP contribution in [-0.4, -0.2) is 59.1 Å². The van der Waals surface area contributed by atoms with Crippen molar-refractivity contribution in [2.45, 2.75) is 26.6 Å². The standard InChI is InChI=1S/C20H25FN2O3S/c1-3-27-19-18(20(24)25)14(2)12-17(22-8-10-26-11-9-22)23(19)13-15-4-6-16(21)7-5-15/h4-7,12,17H,3,8-11,13H2,1-2H3,(H,24,25). The molecular weight excluding hydrogens is 367 g/mol. The lowest BCUT2D eigenvalue weighted by atomic mass is 10.0. The number of ether oxygens (including phenoxy) is 1. The van der Waals surface area contributed by atoms with E-state index in [1.807, 2.05) is 19.9 Å². The minimum absolute atomic E-state index is 0.0453. The molecule has 1 saturated heterocycles. The third-order valence-corrected chi connectivity index (χ3v) is 5.77. The van der Waals surface area contributed by atoms with Gasteiger partial charge in [-0.3, -0.25) is 4.90 Å². The molecule has 0 aliphatic carbocycles. The lowest BCUT2D eigenvalue weighted by molar-refractivity contribution is -0.132. The third kappa shape index (κ3) is 4.54. The van der Waals surface area contributed by atoms with Crippen molar-refractivity contribution in [3.05, 3.63) is 57.9 Å². The third-order valence-electron chi connectivity index (χ3n) is 4.77. The number of hydrogen-bond acceptors (Lipinski definition) is 5. The Kier molecular flexibility index (Phi) is 6.57. The largest absolute Gasteiger partial charge is 0.478 e. The number of morpholine rings is 1. The van der Waals surface area contributed by atoms with E-state index >= 15 is 0 Å². The molecule has 1 N–H and O–H groups in total. The van der Waals surface area contributed by atoms with E-state index in [1.54, 1.807) is 23.9 Å². The number of nitrogens with zero attached hydrogens (tertiary/aromatic N) is 2. The molecule has 1 fully saturated rings. The molecule has 2 aliphatic heterocycles. The minimum atomic E-state index is -0.913. The van der Waals surface area contributed by atoms with Crippen LogP contribution in [0.25, 0.3) is 0 Å². The number of halogens is 1. The molecule has 1 atom stereocenters. The maximum absolute atomic E-state index is 13.3. The molecule has 0 bridgehead atoms. The minimum Gasteiger partial charge on any atom is -0.478 e. The van der Waals surface area contributed by atoms with Gasteiger partial charge in [-0.25, -0.2) is 9.18 Å². The highest BCUT2D eigenvalue weighted by atomic mass is 32.2. The first-order chi connectivity index (χ1) is 13.0. The summed E-state index contributed by atoms with van der Waals surface area (Å²) in [5.74, 6) is -0.415. The number of hydrogen-bond donors (Lipinski definition) is 1. The van der Waals surface area contributed by atoms with Gasteiger partial charge in [0.05, 0.1) is 23.8 Å². The van der Waals surface area contributed by atoms with Crippen molar-refractivity contribution in [2.24, 2.45) is 0 Å². The van der Waals surface area contributed by atoms with Crippen LogP contribution in [0, 0.1) is 5.82 Å². The second-order valence-corrected chi connectivity index (χ2v) is 7.84. The lowest BCUT2D eigenvalue weighted by Gasteiger charge is -2.44. The first kappa shape index (κ1) is 19.9. The van der Waals surface area contributed by atoms with Gasteiger partial charge in [0, 0.05) is 19.6 Å².